The number of anilines is 1. The number of amides is 1. The molecule has 0 unspecified atom stereocenters. The quantitative estimate of drug-likeness (QED) is 0.854. The van der Waals surface area contributed by atoms with Gasteiger partial charge in [-0.1, -0.05) is 6.42 Å². The van der Waals surface area contributed by atoms with Crippen molar-refractivity contribution >= 4 is 22.2 Å². The van der Waals surface area contributed by atoms with Crippen LogP contribution in [-0.4, -0.2) is 42.6 Å². The van der Waals surface area contributed by atoms with Crippen LogP contribution in [0.2, 0.25) is 0 Å². The molecule has 2 aliphatic rings. The molecule has 0 radical (unpaired) electrons. The van der Waals surface area contributed by atoms with Crippen LogP contribution < -0.4 is 5.32 Å². The number of carbonyl (C=O) groups excluding carboxylic acids is 1. The van der Waals surface area contributed by atoms with Crippen LogP contribution in [0, 0.1) is 11.3 Å². The lowest BCUT2D eigenvalue weighted by atomic mass is 10.1. The van der Waals surface area contributed by atoms with Crippen LogP contribution in [0.25, 0.3) is 0 Å². The van der Waals surface area contributed by atoms with Crippen molar-refractivity contribution in [3.05, 3.63) is 16.0 Å². The van der Waals surface area contributed by atoms with Crippen LogP contribution in [0.15, 0.2) is 0 Å². The summed E-state index contributed by atoms with van der Waals surface area (Å²) in [4.78, 5) is 15.9. The van der Waals surface area contributed by atoms with Gasteiger partial charge in [-0.25, -0.2) is 0 Å². The first-order valence-corrected chi connectivity index (χ1v) is 9.60. The molecule has 1 amide bonds. The lowest BCUT2D eigenvalue weighted by Crippen LogP contribution is -2.48. The van der Waals surface area contributed by atoms with E-state index >= 15 is 0 Å². The van der Waals surface area contributed by atoms with Crippen LogP contribution >= 0.6 is 11.3 Å². The van der Waals surface area contributed by atoms with Crippen molar-refractivity contribution in [3.63, 3.8) is 0 Å². The maximum Gasteiger partial charge on any atom is 0.239 e. The van der Waals surface area contributed by atoms with Crippen molar-refractivity contribution < 1.29 is 9.53 Å². The second-order valence-electron chi connectivity index (χ2n) is 6.88. The summed E-state index contributed by atoms with van der Waals surface area (Å²) in [5.74, 6) is -0.0378. The minimum atomic E-state index is -0.0378. The van der Waals surface area contributed by atoms with Crippen LogP contribution in [0.3, 0.4) is 0 Å². The molecule has 1 aromatic heterocycles. The Labute approximate surface area is 147 Å². The topological polar surface area (TPSA) is 65.4 Å². The molecule has 1 N–H and O–H groups in total. The third-order valence-electron chi connectivity index (χ3n) is 4.65. The van der Waals surface area contributed by atoms with E-state index in [9.17, 15) is 10.1 Å². The van der Waals surface area contributed by atoms with Crippen LogP contribution in [0.1, 0.15) is 49.1 Å². The zero-order valence-corrected chi connectivity index (χ0v) is 15.2. The molecule has 5 nitrogen and oxygen atoms in total. The fourth-order valence-corrected chi connectivity index (χ4v) is 4.99. The van der Waals surface area contributed by atoms with E-state index in [0.717, 1.165) is 37.4 Å². The summed E-state index contributed by atoms with van der Waals surface area (Å²) in [5.41, 5.74) is 1.86. The van der Waals surface area contributed by atoms with Crippen molar-refractivity contribution in [2.24, 2.45) is 0 Å². The van der Waals surface area contributed by atoms with Gasteiger partial charge in [0, 0.05) is 18.0 Å². The van der Waals surface area contributed by atoms with E-state index in [1.807, 2.05) is 13.8 Å². The molecule has 0 saturated carbocycles. The van der Waals surface area contributed by atoms with E-state index in [1.54, 1.807) is 11.3 Å². The van der Waals surface area contributed by atoms with Gasteiger partial charge in [-0.15, -0.1) is 11.3 Å². The maximum absolute atomic E-state index is 12.4. The van der Waals surface area contributed by atoms with E-state index in [4.69, 9.17) is 4.74 Å². The number of rotatable bonds is 3. The van der Waals surface area contributed by atoms with E-state index in [1.165, 1.54) is 23.3 Å². The van der Waals surface area contributed by atoms with E-state index in [0.29, 0.717) is 12.1 Å². The van der Waals surface area contributed by atoms with Crippen LogP contribution in [0.5, 0.6) is 0 Å². The molecule has 24 heavy (non-hydrogen) atoms. The monoisotopic (exact) mass is 347 g/mol. The fourth-order valence-electron chi connectivity index (χ4n) is 3.73. The Morgan fingerprint density at radius 1 is 1.29 bits per heavy atom. The lowest BCUT2D eigenvalue weighted by molar-refractivity contribution is -0.121. The molecular formula is C18H25N3O2S. The van der Waals surface area contributed by atoms with Gasteiger partial charge >= 0.3 is 0 Å². The molecule has 2 atom stereocenters. The normalized spacial score (nSPS) is 24.7. The first-order chi connectivity index (χ1) is 11.6. The minimum absolute atomic E-state index is 0.0378. The van der Waals surface area contributed by atoms with Gasteiger partial charge in [-0.05, 0) is 45.1 Å². The zero-order valence-electron chi connectivity index (χ0n) is 14.4. The molecule has 130 valence electrons. The fraction of sp³-hybridized carbons (Fsp3) is 0.667. The van der Waals surface area contributed by atoms with Crippen molar-refractivity contribution in [3.8, 4) is 6.07 Å². The highest BCUT2D eigenvalue weighted by molar-refractivity contribution is 7.16. The van der Waals surface area contributed by atoms with Gasteiger partial charge in [0.05, 0.1) is 24.3 Å². The third kappa shape index (κ3) is 3.97. The Kier molecular flexibility index (Phi) is 5.54. The third-order valence-corrected chi connectivity index (χ3v) is 5.86. The molecule has 0 spiro atoms. The SMILES string of the molecule is C[C@H]1CN(CC(=O)Nc2sc3c(c2C#N)CCCCC3)C[C@H](C)O1. The second-order valence-corrected chi connectivity index (χ2v) is 7.99. The van der Waals surface area contributed by atoms with Gasteiger partial charge in [0.2, 0.25) is 5.91 Å². The molecule has 1 aliphatic heterocycles. The molecule has 1 fully saturated rings. The Bertz CT molecular complexity index is 639. The molecule has 3 rings (SSSR count). The highest BCUT2D eigenvalue weighted by Crippen LogP contribution is 2.36. The summed E-state index contributed by atoms with van der Waals surface area (Å²) in [6.45, 7) is 5.95. The number of nitrogens with zero attached hydrogens (tertiary/aromatic N) is 2. The number of carbonyl (C=O) groups is 1. The largest absolute Gasteiger partial charge is 0.373 e. The zero-order chi connectivity index (χ0) is 17.1. The summed E-state index contributed by atoms with van der Waals surface area (Å²) in [6.07, 6.45) is 5.82. The van der Waals surface area contributed by atoms with Gasteiger partial charge in [0.25, 0.3) is 0 Å². The Morgan fingerprint density at radius 3 is 2.71 bits per heavy atom. The first kappa shape index (κ1) is 17.4. The summed E-state index contributed by atoms with van der Waals surface area (Å²) in [6, 6.07) is 2.32. The van der Waals surface area contributed by atoms with Crippen molar-refractivity contribution in [2.45, 2.75) is 58.2 Å². The predicted molar refractivity (Wildman–Crippen MR) is 95.4 cm³/mol. The maximum atomic E-state index is 12.4. The predicted octanol–water partition coefficient (Wildman–Crippen LogP) is 2.94. The van der Waals surface area contributed by atoms with Gasteiger partial charge < -0.3 is 10.1 Å². The van der Waals surface area contributed by atoms with Crippen LogP contribution in [0.4, 0.5) is 5.00 Å². The second kappa shape index (κ2) is 7.64. The minimum Gasteiger partial charge on any atom is -0.373 e. The van der Waals surface area contributed by atoms with Crippen molar-refractivity contribution in [1.82, 2.24) is 4.90 Å². The number of morpholine rings is 1. The Balaban J connectivity index is 1.67. The number of thiophene rings is 1. The summed E-state index contributed by atoms with van der Waals surface area (Å²) in [7, 11) is 0. The van der Waals surface area contributed by atoms with Crippen molar-refractivity contribution in [1.29, 1.82) is 5.26 Å². The number of fused-ring (bicyclic) bond motifs is 1. The molecule has 0 bridgehead atoms. The van der Waals surface area contributed by atoms with E-state index in [-0.39, 0.29) is 18.1 Å². The molecule has 1 aromatic rings. The average molecular weight is 347 g/mol. The molecule has 0 aromatic carbocycles. The number of hydrogen-bond acceptors (Lipinski definition) is 5. The molecule has 2 heterocycles. The summed E-state index contributed by atoms with van der Waals surface area (Å²) in [5, 5.41) is 13.3. The van der Waals surface area contributed by atoms with Gasteiger partial charge in [-0.2, -0.15) is 5.26 Å². The summed E-state index contributed by atoms with van der Waals surface area (Å²) < 4.78 is 5.71. The first-order valence-electron chi connectivity index (χ1n) is 8.79. The number of nitrogens with one attached hydrogen (secondary N) is 1. The standard InChI is InChI=1S/C18H25N3O2S/c1-12-9-21(10-13(2)23-12)11-17(22)20-18-15(8-19)14-6-4-3-5-7-16(14)24-18/h12-13H,3-7,9-11H2,1-2H3,(H,20,22)/t12-,13-/m0/s1. The Hall–Kier alpha value is -1.42. The van der Waals surface area contributed by atoms with Crippen LogP contribution in [-0.2, 0) is 22.4 Å². The highest BCUT2D eigenvalue weighted by atomic mass is 32.1. The number of aryl methyl sites for hydroxylation is 1. The molecular weight excluding hydrogens is 322 g/mol. The molecule has 1 saturated heterocycles. The van der Waals surface area contributed by atoms with Gasteiger partial charge in [0.15, 0.2) is 0 Å². The van der Waals surface area contributed by atoms with Gasteiger partial charge in [-0.3, -0.25) is 9.69 Å². The number of ether oxygens (including phenoxy) is 1. The number of nitriles is 1. The smallest absolute Gasteiger partial charge is 0.239 e. The summed E-state index contributed by atoms with van der Waals surface area (Å²) >= 11 is 1.59. The lowest BCUT2D eigenvalue weighted by Gasteiger charge is -2.34. The van der Waals surface area contributed by atoms with E-state index < -0.39 is 0 Å². The molecule has 1 aliphatic carbocycles. The van der Waals surface area contributed by atoms with Gasteiger partial charge in [0.1, 0.15) is 11.1 Å². The average Bonchev–Trinajstić information content (AvgIpc) is 2.66. The van der Waals surface area contributed by atoms with E-state index in [2.05, 4.69) is 16.3 Å². The number of hydrogen-bond donors (Lipinski definition) is 1. The Morgan fingerprint density at radius 2 is 2.00 bits per heavy atom. The van der Waals surface area contributed by atoms with Crippen molar-refractivity contribution in [2.75, 3.05) is 25.0 Å². The molecule has 6 heteroatoms. The highest BCUT2D eigenvalue weighted by Gasteiger charge is 2.25.